The van der Waals surface area contributed by atoms with Crippen molar-refractivity contribution < 1.29 is 17.9 Å². The van der Waals surface area contributed by atoms with Crippen LogP contribution in [0.4, 0.5) is 18.9 Å². The molecule has 0 aliphatic rings. The van der Waals surface area contributed by atoms with E-state index in [0.29, 0.717) is 11.6 Å². The van der Waals surface area contributed by atoms with Crippen molar-refractivity contribution >= 4 is 39.9 Å². The van der Waals surface area contributed by atoms with Gasteiger partial charge in [0.2, 0.25) is 0 Å². The fourth-order valence-electron chi connectivity index (χ4n) is 1.64. The van der Waals surface area contributed by atoms with Crippen LogP contribution in [-0.2, 0) is 6.54 Å². The van der Waals surface area contributed by atoms with E-state index in [-0.39, 0.29) is 5.75 Å². The number of hydrogen-bond acceptors (Lipinski definition) is 2. The first-order valence-electron chi connectivity index (χ1n) is 5.87. The number of rotatable bonds is 4. The van der Waals surface area contributed by atoms with Gasteiger partial charge in [-0.2, -0.15) is 0 Å². The van der Waals surface area contributed by atoms with E-state index in [1.807, 2.05) is 12.1 Å². The molecule has 0 amide bonds. The highest BCUT2D eigenvalue weighted by atomic mass is 127. The summed E-state index contributed by atoms with van der Waals surface area (Å²) in [4.78, 5) is 0. The van der Waals surface area contributed by atoms with Gasteiger partial charge >= 0.3 is 6.36 Å². The van der Waals surface area contributed by atoms with E-state index in [1.165, 1.54) is 12.1 Å². The third kappa shape index (κ3) is 5.28. The molecule has 1 N–H and O–H groups in total. The molecule has 2 aromatic carbocycles. The highest BCUT2D eigenvalue weighted by Gasteiger charge is 2.30. The van der Waals surface area contributed by atoms with Crippen molar-refractivity contribution in [3.8, 4) is 5.75 Å². The van der Waals surface area contributed by atoms with E-state index in [0.717, 1.165) is 14.8 Å². The first kappa shape index (κ1) is 16.2. The van der Waals surface area contributed by atoms with Gasteiger partial charge in [0.05, 0.1) is 0 Å². The van der Waals surface area contributed by atoms with Crippen LogP contribution in [0.1, 0.15) is 5.56 Å². The lowest BCUT2D eigenvalue weighted by molar-refractivity contribution is -0.274. The second kappa shape index (κ2) is 6.74. The van der Waals surface area contributed by atoms with Crippen LogP contribution in [0.25, 0.3) is 0 Å². The van der Waals surface area contributed by atoms with Crippen molar-refractivity contribution in [1.82, 2.24) is 0 Å². The fraction of sp³-hybridized carbons (Fsp3) is 0.143. The number of halogens is 5. The van der Waals surface area contributed by atoms with Gasteiger partial charge in [0.1, 0.15) is 5.75 Å². The molecule has 0 saturated heterocycles. The minimum Gasteiger partial charge on any atom is -0.406 e. The average Bonchev–Trinajstić information content (AvgIpc) is 2.38. The molecule has 0 aromatic heterocycles. The molecular weight excluding hydrogens is 418 g/mol. The van der Waals surface area contributed by atoms with E-state index in [9.17, 15) is 13.2 Å². The second-order valence-corrected chi connectivity index (χ2v) is 5.77. The van der Waals surface area contributed by atoms with Crippen LogP contribution in [0.3, 0.4) is 0 Å². The molecule has 2 aromatic rings. The Bertz CT molecular complexity index is 617. The summed E-state index contributed by atoms with van der Waals surface area (Å²) >= 11 is 8.02. The van der Waals surface area contributed by atoms with Gasteiger partial charge in [-0.3, -0.25) is 0 Å². The highest BCUT2D eigenvalue weighted by molar-refractivity contribution is 14.1. The van der Waals surface area contributed by atoms with Crippen molar-refractivity contribution in [2.45, 2.75) is 12.9 Å². The Morgan fingerprint density at radius 1 is 1.10 bits per heavy atom. The smallest absolute Gasteiger partial charge is 0.406 e. The number of ether oxygens (including phenoxy) is 1. The first-order valence-corrected chi connectivity index (χ1v) is 7.33. The monoisotopic (exact) mass is 427 g/mol. The van der Waals surface area contributed by atoms with Crippen molar-refractivity contribution in [1.29, 1.82) is 0 Å². The maximum atomic E-state index is 12.0. The summed E-state index contributed by atoms with van der Waals surface area (Å²) in [7, 11) is 0. The van der Waals surface area contributed by atoms with Crippen LogP contribution in [-0.4, -0.2) is 6.36 Å². The quantitative estimate of drug-likeness (QED) is 0.655. The molecule has 0 aliphatic heterocycles. The summed E-state index contributed by atoms with van der Waals surface area (Å²) in [5.74, 6) is -0.229. The summed E-state index contributed by atoms with van der Waals surface area (Å²) in [5, 5.41) is 3.85. The maximum absolute atomic E-state index is 12.0. The molecule has 0 spiro atoms. The summed E-state index contributed by atoms with van der Waals surface area (Å²) in [6, 6.07) is 11.2. The predicted molar refractivity (Wildman–Crippen MR) is 84.6 cm³/mol. The molecule has 0 heterocycles. The number of alkyl halides is 3. The molecule has 0 saturated carbocycles. The van der Waals surface area contributed by atoms with Crippen LogP contribution >= 0.6 is 34.2 Å². The summed E-state index contributed by atoms with van der Waals surface area (Å²) in [6.45, 7) is 0.490. The number of hydrogen-bond donors (Lipinski definition) is 1. The first-order chi connectivity index (χ1) is 9.83. The lowest BCUT2D eigenvalue weighted by atomic mass is 10.2. The van der Waals surface area contributed by atoms with Gasteiger partial charge in [-0.15, -0.1) is 13.2 Å². The third-order valence-corrected chi connectivity index (χ3v) is 3.70. The second-order valence-electron chi connectivity index (χ2n) is 4.17. The summed E-state index contributed by atoms with van der Waals surface area (Å²) in [5.41, 5.74) is 1.76. The van der Waals surface area contributed by atoms with E-state index < -0.39 is 6.36 Å². The van der Waals surface area contributed by atoms with Gasteiger partial charge in [0, 0.05) is 20.8 Å². The summed E-state index contributed by atoms with van der Waals surface area (Å²) < 4.78 is 40.9. The molecule has 0 radical (unpaired) electrons. The van der Waals surface area contributed by atoms with Crippen molar-refractivity contribution in [3.05, 3.63) is 56.6 Å². The van der Waals surface area contributed by atoms with E-state index in [4.69, 9.17) is 11.6 Å². The zero-order valence-corrected chi connectivity index (χ0v) is 13.5. The number of nitrogens with one attached hydrogen (secondary N) is 1. The van der Waals surface area contributed by atoms with Crippen LogP contribution in [0.2, 0.25) is 5.02 Å². The van der Waals surface area contributed by atoms with Gasteiger partial charge in [0.25, 0.3) is 0 Å². The van der Waals surface area contributed by atoms with E-state index in [2.05, 4.69) is 32.6 Å². The van der Waals surface area contributed by atoms with Gasteiger partial charge < -0.3 is 10.1 Å². The van der Waals surface area contributed by atoms with Crippen molar-refractivity contribution in [2.75, 3.05) is 5.32 Å². The largest absolute Gasteiger partial charge is 0.573 e. The Labute approximate surface area is 138 Å². The van der Waals surface area contributed by atoms with Crippen molar-refractivity contribution in [3.63, 3.8) is 0 Å². The molecule has 2 nitrogen and oxygen atoms in total. The number of benzene rings is 2. The lowest BCUT2D eigenvalue weighted by Crippen LogP contribution is -2.17. The van der Waals surface area contributed by atoms with Crippen molar-refractivity contribution in [2.24, 2.45) is 0 Å². The fourth-order valence-corrected chi connectivity index (χ4v) is 2.70. The zero-order chi connectivity index (χ0) is 15.5. The normalized spacial score (nSPS) is 11.3. The lowest BCUT2D eigenvalue weighted by Gasteiger charge is -2.11. The van der Waals surface area contributed by atoms with E-state index >= 15 is 0 Å². The standard InChI is InChI=1S/C14H10ClF3INO/c15-10-3-6-13(12(19)7-10)20-8-9-1-4-11(5-2-9)21-14(16,17)18/h1-7,20H,8H2. The van der Waals surface area contributed by atoms with Gasteiger partial charge in [-0.25, -0.2) is 0 Å². The molecule has 0 unspecified atom stereocenters. The minimum atomic E-state index is -4.67. The zero-order valence-electron chi connectivity index (χ0n) is 10.5. The Hall–Kier alpha value is -1.15. The maximum Gasteiger partial charge on any atom is 0.573 e. The Morgan fingerprint density at radius 2 is 1.76 bits per heavy atom. The van der Waals surface area contributed by atoms with E-state index in [1.54, 1.807) is 18.2 Å². The van der Waals surface area contributed by atoms with Gasteiger partial charge in [0.15, 0.2) is 0 Å². The molecular formula is C14H10ClF3INO. The van der Waals surface area contributed by atoms with Crippen LogP contribution in [0, 0.1) is 3.57 Å². The molecule has 7 heteroatoms. The molecule has 0 fully saturated rings. The van der Waals surface area contributed by atoms with Gasteiger partial charge in [-0.05, 0) is 58.5 Å². The molecule has 21 heavy (non-hydrogen) atoms. The minimum absolute atomic E-state index is 0.229. The SMILES string of the molecule is FC(F)(F)Oc1ccc(CNc2ccc(Cl)cc2I)cc1. The average molecular weight is 428 g/mol. The Balaban J connectivity index is 1.97. The molecule has 0 bridgehead atoms. The topological polar surface area (TPSA) is 21.3 Å². The predicted octanol–water partition coefficient (Wildman–Crippen LogP) is 5.46. The highest BCUT2D eigenvalue weighted by Crippen LogP contribution is 2.24. The molecule has 0 aliphatic carbocycles. The summed E-state index contributed by atoms with van der Waals surface area (Å²) in [6.07, 6.45) is -4.67. The third-order valence-electron chi connectivity index (χ3n) is 2.57. The Morgan fingerprint density at radius 3 is 2.33 bits per heavy atom. The molecule has 0 atom stereocenters. The Kier molecular flexibility index (Phi) is 5.21. The number of anilines is 1. The van der Waals surface area contributed by atoms with Gasteiger partial charge in [-0.1, -0.05) is 23.7 Å². The molecule has 112 valence electrons. The van der Waals surface area contributed by atoms with Crippen LogP contribution in [0.5, 0.6) is 5.75 Å². The molecule has 2 rings (SSSR count). The van der Waals surface area contributed by atoms with Crippen LogP contribution in [0.15, 0.2) is 42.5 Å². The van der Waals surface area contributed by atoms with Crippen LogP contribution < -0.4 is 10.1 Å².